The predicted octanol–water partition coefficient (Wildman–Crippen LogP) is 7.25. The van der Waals surface area contributed by atoms with Crippen LogP contribution in [0.3, 0.4) is 0 Å². The molecule has 4 aromatic carbocycles. The van der Waals surface area contributed by atoms with Crippen molar-refractivity contribution in [3.05, 3.63) is 107 Å². The standard InChI is InChI=1S/C29H22F4O4/c1-3-36-24-15-14-22(26(31)28(24)33)19-8-10-20(11-9-19)37-29(35)23-13-12-21(25(30)27(23)32)18-6-4-17(5-7-18)16(2)34/h4-16,34H,3H2,1-2H3. The first-order valence-electron chi connectivity index (χ1n) is 11.4. The fourth-order valence-electron chi connectivity index (χ4n) is 3.76. The summed E-state index contributed by atoms with van der Waals surface area (Å²) in [6, 6.07) is 16.8. The third-order valence-electron chi connectivity index (χ3n) is 5.73. The molecule has 1 N–H and O–H groups in total. The first kappa shape index (κ1) is 25.9. The molecule has 0 fully saturated rings. The Balaban J connectivity index is 1.52. The molecule has 0 saturated carbocycles. The molecule has 0 spiro atoms. The van der Waals surface area contributed by atoms with Gasteiger partial charge in [0.25, 0.3) is 0 Å². The number of carbonyl (C=O) groups excluding carboxylic acids is 1. The Morgan fingerprint density at radius 3 is 1.86 bits per heavy atom. The zero-order valence-electron chi connectivity index (χ0n) is 19.9. The van der Waals surface area contributed by atoms with Crippen LogP contribution in [0.2, 0.25) is 0 Å². The zero-order chi connectivity index (χ0) is 26.7. The van der Waals surface area contributed by atoms with E-state index >= 15 is 0 Å². The van der Waals surface area contributed by atoms with Crippen LogP contribution in [0.1, 0.15) is 35.9 Å². The third kappa shape index (κ3) is 5.34. The van der Waals surface area contributed by atoms with Gasteiger partial charge in [0.15, 0.2) is 23.2 Å². The van der Waals surface area contributed by atoms with Crippen LogP contribution >= 0.6 is 0 Å². The maximum Gasteiger partial charge on any atom is 0.346 e. The van der Waals surface area contributed by atoms with Gasteiger partial charge in [0, 0.05) is 11.1 Å². The number of halogens is 4. The number of aliphatic hydroxyl groups is 1. The highest BCUT2D eigenvalue weighted by Crippen LogP contribution is 2.32. The van der Waals surface area contributed by atoms with Gasteiger partial charge in [-0.2, -0.15) is 4.39 Å². The molecule has 0 aliphatic carbocycles. The van der Waals surface area contributed by atoms with Crippen LogP contribution in [0.25, 0.3) is 22.3 Å². The summed E-state index contributed by atoms with van der Waals surface area (Å²) >= 11 is 0. The van der Waals surface area contributed by atoms with Gasteiger partial charge in [-0.3, -0.25) is 0 Å². The predicted molar refractivity (Wildman–Crippen MR) is 130 cm³/mol. The van der Waals surface area contributed by atoms with E-state index in [-0.39, 0.29) is 29.2 Å². The summed E-state index contributed by atoms with van der Waals surface area (Å²) in [6.45, 7) is 3.42. The topological polar surface area (TPSA) is 55.8 Å². The first-order chi connectivity index (χ1) is 17.7. The number of carbonyl (C=O) groups is 1. The van der Waals surface area contributed by atoms with Gasteiger partial charge in [0.2, 0.25) is 5.82 Å². The van der Waals surface area contributed by atoms with E-state index in [9.17, 15) is 27.5 Å². The third-order valence-corrected chi connectivity index (χ3v) is 5.73. The van der Waals surface area contributed by atoms with Crippen molar-refractivity contribution in [1.29, 1.82) is 0 Å². The minimum Gasteiger partial charge on any atom is -0.491 e. The molecule has 0 aromatic heterocycles. The van der Waals surface area contributed by atoms with E-state index in [1.165, 1.54) is 42.5 Å². The molecule has 0 aliphatic rings. The molecule has 0 amide bonds. The van der Waals surface area contributed by atoms with E-state index in [0.29, 0.717) is 16.7 Å². The van der Waals surface area contributed by atoms with Gasteiger partial charge in [-0.25, -0.2) is 18.0 Å². The van der Waals surface area contributed by atoms with Gasteiger partial charge in [-0.05, 0) is 60.9 Å². The maximum atomic E-state index is 14.8. The van der Waals surface area contributed by atoms with Crippen LogP contribution in [0.4, 0.5) is 17.6 Å². The highest BCUT2D eigenvalue weighted by atomic mass is 19.2. The van der Waals surface area contributed by atoms with Crippen LogP contribution in [0.15, 0.2) is 72.8 Å². The smallest absolute Gasteiger partial charge is 0.346 e. The molecule has 37 heavy (non-hydrogen) atoms. The monoisotopic (exact) mass is 510 g/mol. The highest BCUT2D eigenvalue weighted by molar-refractivity contribution is 5.92. The van der Waals surface area contributed by atoms with Crippen LogP contribution in [0.5, 0.6) is 11.5 Å². The van der Waals surface area contributed by atoms with Crippen molar-refractivity contribution in [2.24, 2.45) is 0 Å². The van der Waals surface area contributed by atoms with Gasteiger partial charge >= 0.3 is 5.97 Å². The van der Waals surface area contributed by atoms with Gasteiger partial charge in [0.05, 0.1) is 18.3 Å². The molecule has 8 heteroatoms. The second kappa shape index (κ2) is 10.8. The summed E-state index contributed by atoms with van der Waals surface area (Å²) in [5.74, 6) is -6.13. The number of hydrogen-bond acceptors (Lipinski definition) is 4. The fourth-order valence-corrected chi connectivity index (χ4v) is 3.76. The summed E-state index contributed by atoms with van der Waals surface area (Å²) in [6.07, 6.45) is -0.706. The average molecular weight is 510 g/mol. The number of ether oxygens (including phenoxy) is 2. The lowest BCUT2D eigenvalue weighted by Gasteiger charge is -2.11. The van der Waals surface area contributed by atoms with Crippen LogP contribution < -0.4 is 9.47 Å². The second-order valence-corrected chi connectivity index (χ2v) is 8.17. The Bertz CT molecular complexity index is 1430. The van der Waals surface area contributed by atoms with Gasteiger partial charge in [-0.1, -0.05) is 42.5 Å². The Morgan fingerprint density at radius 2 is 1.30 bits per heavy atom. The molecule has 0 heterocycles. The average Bonchev–Trinajstić information content (AvgIpc) is 2.89. The summed E-state index contributed by atoms with van der Waals surface area (Å²) in [5, 5.41) is 9.60. The van der Waals surface area contributed by atoms with Crippen molar-refractivity contribution in [3.63, 3.8) is 0 Å². The zero-order valence-corrected chi connectivity index (χ0v) is 19.9. The molecule has 1 unspecified atom stereocenters. The minimum absolute atomic E-state index is 0.00170. The number of esters is 1. The van der Waals surface area contributed by atoms with Crippen molar-refractivity contribution in [3.8, 4) is 33.8 Å². The minimum atomic E-state index is -1.37. The van der Waals surface area contributed by atoms with Crippen LogP contribution in [-0.4, -0.2) is 17.7 Å². The van der Waals surface area contributed by atoms with Crippen molar-refractivity contribution in [2.75, 3.05) is 6.61 Å². The first-order valence-corrected chi connectivity index (χ1v) is 11.4. The number of aliphatic hydroxyl groups excluding tert-OH is 1. The van der Waals surface area contributed by atoms with E-state index in [0.717, 1.165) is 6.07 Å². The molecule has 0 aliphatic heterocycles. The lowest BCUT2D eigenvalue weighted by atomic mass is 10.00. The molecule has 190 valence electrons. The second-order valence-electron chi connectivity index (χ2n) is 8.17. The molecule has 0 saturated heterocycles. The van der Waals surface area contributed by atoms with Crippen LogP contribution in [-0.2, 0) is 0 Å². The van der Waals surface area contributed by atoms with Crippen molar-refractivity contribution in [2.45, 2.75) is 20.0 Å². The van der Waals surface area contributed by atoms with Crippen molar-refractivity contribution < 1.29 is 36.9 Å². The van der Waals surface area contributed by atoms with Crippen molar-refractivity contribution in [1.82, 2.24) is 0 Å². The Morgan fingerprint density at radius 1 is 0.757 bits per heavy atom. The van der Waals surface area contributed by atoms with E-state index in [1.54, 1.807) is 38.1 Å². The SMILES string of the molecule is CCOc1ccc(-c2ccc(OC(=O)c3ccc(-c4ccc(C(C)O)cc4)c(F)c3F)cc2)c(F)c1F. The molecule has 1 atom stereocenters. The lowest BCUT2D eigenvalue weighted by Crippen LogP contribution is -2.12. The van der Waals surface area contributed by atoms with Gasteiger partial charge in [-0.15, -0.1) is 0 Å². The van der Waals surface area contributed by atoms with E-state index in [1.807, 2.05) is 0 Å². The van der Waals surface area contributed by atoms with Gasteiger partial charge < -0.3 is 14.6 Å². The molecule has 4 aromatic rings. The quantitative estimate of drug-likeness (QED) is 0.162. The number of hydrogen-bond donors (Lipinski definition) is 1. The molecule has 4 rings (SSSR count). The Labute approximate surface area is 210 Å². The van der Waals surface area contributed by atoms with E-state index in [2.05, 4.69) is 0 Å². The molecule has 0 radical (unpaired) electrons. The van der Waals surface area contributed by atoms with Gasteiger partial charge in [0.1, 0.15) is 5.75 Å². The number of benzene rings is 4. The highest BCUT2D eigenvalue weighted by Gasteiger charge is 2.22. The normalized spacial score (nSPS) is 11.8. The molecular formula is C29H22F4O4. The van der Waals surface area contributed by atoms with Crippen molar-refractivity contribution >= 4 is 5.97 Å². The molecule has 0 bridgehead atoms. The summed E-state index contributed by atoms with van der Waals surface area (Å²) in [5.41, 5.74) is 0.609. The summed E-state index contributed by atoms with van der Waals surface area (Å²) in [4.78, 5) is 12.5. The summed E-state index contributed by atoms with van der Waals surface area (Å²) < 4.78 is 68.4. The molecule has 4 nitrogen and oxygen atoms in total. The number of rotatable bonds is 7. The maximum absolute atomic E-state index is 14.8. The molecular weight excluding hydrogens is 488 g/mol. The lowest BCUT2D eigenvalue weighted by molar-refractivity contribution is 0.0728. The van der Waals surface area contributed by atoms with E-state index in [4.69, 9.17) is 9.47 Å². The largest absolute Gasteiger partial charge is 0.491 e. The van der Waals surface area contributed by atoms with Crippen LogP contribution in [0, 0.1) is 23.3 Å². The van der Waals surface area contributed by atoms with E-state index < -0.39 is 40.9 Å². The Kier molecular flexibility index (Phi) is 7.59. The fraction of sp³-hybridized carbons (Fsp3) is 0.138. The summed E-state index contributed by atoms with van der Waals surface area (Å²) in [7, 11) is 0. The Hall–Kier alpha value is -4.17.